The highest BCUT2D eigenvalue weighted by molar-refractivity contribution is 5.67. The Kier molecular flexibility index (Phi) is 5.92. The SMILES string of the molecule is Cc1cc(C(O)C(O)CNC(=O)OC(C)(C)C)ccc1C#N. The lowest BCUT2D eigenvalue weighted by Crippen LogP contribution is -2.38. The molecule has 1 aromatic carbocycles. The number of amides is 1. The molecule has 0 heterocycles. The summed E-state index contributed by atoms with van der Waals surface area (Å²) in [5.74, 6) is 0. The van der Waals surface area contributed by atoms with Gasteiger partial charge in [-0.3, -0.25) is 0 Å². The molecule has 0 radical (unpaired) electrons. The molecular formula is C16H22N2O4. The van der Waals surface area contributed by atoms with Crippen molar-refractivity contribution in [1.82, 2.24) is 5.32 Å². The van der Waals surface area contributed by atoms with Crippen LogP contribution in [0.2, 0.25) is 0 Å². The summed E-state index contributed by atoms with van der Waals surface area (Å²) in [5.41, 5.74) is 1.08. The fourth-order valence-corrected chi connectivity index (χ4v) is 1.83. The molecule has 0 aliphatic rings. The predicted octanol–water partition coefficient (Wildman–Crippen LogP) is 1.79. The highest BCUT2D eigenvalue weighted by Crippen LogP contribution is 2.20. The standard InChI is InChI=1S/C16H22N2O4/c1-10-7-11(5-6-12(10)8-17)14(20)13(19)9-18-15(21)22-16(2,3)4/h5-7,13-14,19-20H,9H2,1-4H3,(H,18,21). The first-order valence-corrected chi connectivity index (χ1v) is 6.97. The van der Waals surface area contributed by atoms with Gasteiger partial charge < -0.3 is 20.3 Å². The summed E-state index contributed by atoms with van der Waals surface area (Å²) in [6.07, 6.45) is -3.00. The monoisotopic (exact) mass is 306 g/mol. The van der Waals surface area contributed by atoms with Crippen LogP contribution in [0.5, 0.6) is 0 Å². The van der Waals surface area contributed by atoms with E-state index in [9.17, 15) is 15.0 Å². The quantitative estimate of drug-likeness (QED) is 0.787. The Labute approximate surface area is 130 Å². The Bertz CT molecular complexity index is 572. The molecule has 0 aliphatic heterocycles. The largest absolute Gasteiger partial charge is 0.444 e. The predicted molar refractivity (Wildman–Crippen MR) is 81.1 cm³/mol. The normalized spacial score (nSPS) is 13.9. The van der Waals surface area contributed by atoms with Gasteiger partial charge in [-0.05, 0) is 44.9 Å². The van der Waals surface area contributed by atoms with E-state index in [-0.39, 0.29) is 6.54 Å². The fourth-order valence-electron chi connectivity index (χ4n) is 1.83. The number of nitrogens with one attached hydrogen (secondary N) is 1. The summed E-state index contributed by atoms with van der Waals surface area (Å²) in [4.78, 5) is 11.5. The number of rotatable bonds is 4. The number of nitriles is 1. The molecule has 2 atom stereocenters. The van der Waals surface area contributed by atoms with Gasteiger partial charge in [-0.1, -0.05) is 12.1 Å². The molecule has 0 bridgehead atoms. The number of aryl methyl sites for hydroxylation is 1. The van der Waals surface area contributed by atoms with Gasteiger partial charge in [0.2, 0.25) is 0 Å². The highest BCUT2D eigenvalue weighted by atomic mass is 16.6. The molecule has 0 saturated carbocycles. The van der Waals surface area contributed by atoms with Gasteiger partial charge in [0.1, 0.15) is 17.8 Å². The van der Waals surface area contributed by atoms with Crippen LogP contribution in [-0.4, -0.2) is 34.6 Å². The number of hydrogen-bond acceptors (Lipinski definition) is 5. The van der Waals surface area contributed by atoms with Crippen molar-refractivity contribution < 1.29 is 19.7 Å². The van der Waals surface area contributed by atoms with Gasteiger partial charge in [-0.15, -0.1) is 0 Å². The van der Waals surface area contributed by atoms with Gasteiger partial charge in [0, 0.05) is 6.54 Å². The zero-order valence-electron chi connectivity index (χ0n) is 13.3. The molecule has 3 N–H and O–H groups in total. The maximum absolute atomic E-state index is 11.5. The lowest BCUT2D eigenvalue weighted by atomic mass is 9.99. The maximum atomic E-state index is 11.5. The third-order valence-electron chi connectivity index (χ3n) is 2.93. The molecular weight excluding hydrogens is 284 g/mol. The lowest BCUT2D eigenvalue weighted by Gasteiger charge is -2.22. The summed E-state index contributed by atoms with van der Waals surface area (Å²) in [7, 11) is 0. The van der Waals surface area contributed by atoms with Crippen molar-refractivity contribution in [2.75, 3.05) is 6.54 Å². The van der Waals surface area contributed by atoms with Crippen LogP contribution in [0.3, 0.4) is 0 Å². The highest BCUT2D eigenvalue weighted by Gasteiger charge is 2.21. The molecule has 22 heavy (non-hydrogen) atoms. The third kappa shape index (κ3) is 5.35. The second-order valence-electron chi connectivity index (χ2n) is 6.08. The fraction of sp³-hybridized carbons (Fsp3) is 0.500. The van der Waals surface area contributed by atoms with Crippen molar-refractivity contribution in [2.24, 2.45) is 0 Å². The van der Waals surface area contributed by atoms with Gasteiger partial charge in [-0.25, -0.2) is 4.79 Å². The summed E-state index contributed by atoms with van der Waals surface area (Å²) in [6, 6.07) is 6.84. The van der Waals surface area contributed by atoms with Crippen molar-refractivity contribution in [3.63, 3.8) is 0 Å². The molecule has 6 nitrogen and oxygen atoms in total. The average molecular weight is 306 g/mol. The molecule has 0 spiro atoms. The number of aliphatic hydroxyl groups excluding tert-OH is 2. The van der Waals surface area contributed by atoms with Crippen LogP contribution in [0.4, 0.5) is 4.79 Å². The van der Waals surface area contributed by atoms with Gasteiger partial charge in [0.25, 0.3) is 0 Å². The maximum Gasteiger partial charge on any atom is 0.407 e. The van der Waals surface area contributed by atoms with Gasteiger partial charge in [0.15, 0.2) is 0 Å². The third-order valence-corrected chi connectivity index (χ3v) is 2.93. The molecule has 0 aliphatic carbocycles. The van der Waals surface area contributed by atoms with Crippen LogP contribution < -0.4 is 5.32 Å². The van der Waals surface area contributed by atoms with Gasteiger partial charge in [-0.2, -0.15) is 5.26 Å². The minimum Gasteiger partial charge on any atom is -0.444 e. The summed E-state index contributed by atoms with van der Waals surface area (Å²) >= 11 is 0. The van der Waals surface area contributed by atoms with E-state index < -0.39 is 23.9 Å². The van der Waals surface area contributed by atoms with Crippen molar-refractivity contribution in [2.45, 2.75) is 45.5 Å². The first kappa shape index (κ1) is 18.0. The topological polar surface area (TPSA) is 103 Å². The Morgan fingerprint density at radius 2 is 2.05 bits per heavy atom. The molecule has 0 saturated heterocycles. The molecule has 0 fully saturated rings. The van der Waals surface area contributed by atoms with E-state index in [1.165, 1.54) is 0 Å². The number of carbonyl (C=O) groups is 1. The lowest BCUT2D eigenvalue weighted by molar-refractivity contribution is 0.0129. The van der Waals surface area contributed by atoms with E-state index >= 15 is 0 Å². The minimum atomic E-state index is -1.18. The van der Waals surface area contributed by atoms with Crippen LogP contribution in [0.25, 0.3) is 0 Å². The molecule has 6 heteroatoms. The second kappa shape index (κ2) is 7.25. The first-order chi connectivity index (χ1) is 10.1. The van der Waals surface area contributed by atoms with Crippen molar-refractivity contribution in [1.29, 1.82) is 5.26 Å². The average Bonchev–Trinajstić information content (AvgIpc) is 2.42. The molecule has 1 amide bonds. The zero-order valence-corrected chi connectivity index (χ0v) is 13.3. The van der Waals surface area contributed by atoms with Crippen molar-refractivity contribution in [3.05, 3.63) is 34.9 Å². The molecule has 120 valence electrons. The van der Waals surface area contributed by atoms with Crippen LogP contribution in [0.15, 0.2) is 18.2 Å². The van der Waals surface area contributed by atoms with Gasteiger partial charge in [0.05, 0.1) is 11.6 Å². The van der Waals surface area contributed by atoms with E-state index in [0.717, 1.165) is 0 Å². The summed E-state index contributed by atoms with van der Waals surface area (Å²) in [5, 5.41) is 31.3. The van der Waals surface area contributed by atoms with Gasteiger partial charge >= 0.3 is 6.09 Å². The number of alkyl carbamates (subject to hydrolysis) is 1. The minimum absolute atomic E-state index is 0.144. The Balaban J connectivity index is 2.62. The van der Waals surface area contributed by atoms with Crippen molar-refractivity contribution in [3.8, 4) is 6.07 Å². The smallest absolute Gasteiger partial charge is 0.407 e. The van der Waals surface area contributed by atoms with Crippen LogP contribution in [0.1, 0.15) is 43.6 Å². The number of aliphatic hydroxyl groups is 2. The molecule has 1 aromatic rings. The van der Waals surface area contributed by atoms with Crippen molar-refractivity contribution >= 4 is 6.09 Å². The van der Waals surface area contributed by atoms with E-state index in [2.05, 4.69) is 5.32 Å². The Morgan fingerprint density at radius 1 is 1.41 bits per heavy atom. The van der Waals surface area contributed by atoms with E-state index in [1.54, 1.807) is 45.9 Å². The van der Waals surface area contributed by atoms with Crippen LogP contribution >= 0.6 is 0 Å². The Hall–Kier alpha value is -2.10. The molecule has 0 aromatic heterocycles. The summed E-state index contributed by atoms with van der Waals surface area (Å²) < 4.78 is 5.04. The number of hydrogen-bond donors (Lipinski definition) is 3. The molecule has 1 rings (SSSR count). The first-order valence-electron chi connectivity index (χ1n) is 6.97. The number of benzene rings is 1. The number of nitrogens with zero attached hydrogens (tertiary/aromatic N) is 1. The van der Waals surface area contributed by atoms with E-state index in [4.69, 9.17) is 10.00 Å². The van der Waals surface area contributed by atoms with Crippen LogP contribution in [-0.2, 0) is 4.74 Å². The van der Waals surface area contributed by atoms with Crippen LogP contribution in [0, 0.1) is 18.3 Å². The molecule has 2 unspecified atom stereocenters. The zero-order chi connectivity index (χ0) is 16.9. The number of carbonyl (C=O) groups excluding carboxylic acids is 1. The number of ether oxygens (including phenoxy) is 1. The van der Waals surface area contributed by atoms with E-state index in [0.29, 0.717) is 16.7 Å². The summed E-state index contributed by atoms with van der Waals surface area (Å²) in [6.45, 7) is 6.81. The Morgan fingerprint density at radius 3 is 2.55 bits per heavy atom. The second-order valence-corrected chi connectivity index (χ2v) is 6.08. The van der Waals surface area contributed by atoms with E-state index in [1.807, 2.05) is 6.07 Å².